The lowest BCUT2D eigenvalue weighted by molar-refractivity contribution is -0.128. The molecule has 1 amide bonds. The highest BCUT2D eigenvalue weighted by Gasteiger charge is 2.12. The summed E-state index contributed by atoms with van der Waals surface area (Å²) < 4.78 is 26.3. The Kier molecular flexibility index (Phi) is 7.11. The zero-order chi connectivity index (χ0) is 15.7. The Morgan fingerprint density at radius 3 is 2.57 bits per heavy atom. The molecule has 5 nitrogen and oxygen atoms in total. The summed E-state index contributed by atoms with van der Waals surface area (Å²) in [5.74, 6) is -0.0585. The Hall–Kier alpha value is -1.66. The summed E-state index contributed by atoms with van der Waals surface area (Å²) >= 11 is 0. The minimum atomic E-state index is -3.33. The van der Waals surface area contributed by atoms with E-state index in [1.165, 1.54) is 11.8 Å². The Balaban J connectivity index is 2.39. The predicted octanol–water partition coefficient (Wildman–Crippen LogP) is 1.18. The highest BCUT2D eigenvalue weighted by atomic mass is 32.2. The van der Waals surface area contributed by atoms with Crippen molar-refractivity contribution in [1.82, 2.24) is 9.62 Å². The topological polar surface area (TPSA) is 66.5 Å². The van der Waals surface area contributed by atoms with Crippen molar-refractivity contribution in [2.24, 2.45) is 0 Å². The molecule has 0 aliphatic heterocycles. The summed E-state index contributed by atoms with van der Waals surface area (Å²) in [6.45, 7) is 5.99. The molecule has 0 aliphatic carbocycles. The third kappa shape index (κ3) is 7.06. The van der Waals surface area contributed by atoms with Crippen molar-refractivity contribution in [2.75, 3.05) is 25.4 Å². The maximum atomic E-state index is 11.9. The van der Waals surface area contributed by atoms with Crippen LogP contribution in [0.25, 0.3) is 0 Å². The molecule has 0 saturated carbocycles. The minimum Gasteiger partial charge on any atom is -0.338 e. The molecule has 0 radical (unpaired) electrons. The van der Waals surface area contributed by atoms with Crippen molar-refractivity contribution < 1.29 is 13.2 Å². The van der Waals surface area contributed by atoms with E-state index >= 15 is 0 Å². The molecule has 0 heterocycles. The molecule has 6 heteroatoms. The van der Waals surface area contributed by atoms with Crippen molar-refractivity contribution >= 4 is 15.9 Å². The Morgan fingerprint density at radius 1 is 1.33 bits per heavy atom. The number of nitrogens with one attached hydrogen (secondary N) is 1. The lowest BCUT2D eigenvalue weighted by atomic mass is 10.2. The molecular formula is C15H22N2O3S. The highest BCUT2D eigenvalue weighted by Crippen LogP contribution is 2.01. The van der Waals surface area contributed by atoms with Crippen LogP contribution in [0.15, 0.2) is 43.0 Å². The number of hydrogen-bond donors (Lipinski definition) is 1. The molecule has 1 aromatic carbocycles. The van der Waals surface area contributed by atoms with E-state index in [1.807, 2.05) is 30.3 Å². The Bertz CT molecular complexity index is 556. The van der Waals surface area contributed by atoms with Gasteiger partial charge in [0.1, 0.15) is 0 Å². The Morgan fingerprint density at radius 2 is 2.00 bits per heavy atom. The molecule has 0 bridgehead atoms. The summed E-state index contributed by atoms with van der Waals surface area (Å²) in [6, 6.07) is 9.46. The van der Waals surface area contributed by atoms with Gasteiger partial charge in [0.15, 0.2) is 0 Å². The SMILES string of the molecule is C=CCN(CCNS(=O)(=O)CCc1ccccc1)C(C)=O. The number of benzene rings is 1. The van der Waals surface area contributed by atoms with Gasteiger partial charge in [0.05, 0.1) is 5.75 Å². The van der Waals surface area contributed by atoms with Gasteiger partial charge in [-0.15, -0.1) is 6.58 Å². The first-order valence-corrected chi connectivity index (χ1v) is 8.47. The van der Waals surface area contributed by atoms with Crippen LogP contribution in [0, 0.1) is 0 Å². The molecule has 0 spiro atoms. The molecule has 0 aromatic heterocycles. The van der Waals surface area contributed by atoms with Gasteiger partial charge in [0, 0.05) is 26.6 Å². The van der Waals surface area contributed by atoms with Gasteiger partial charge in [-0.1, -0.05) is 36.4 Å². The van der Waals surface area contributed by atoms with Gasteiger partial charge < -0.3 is 4.90 Å². The lowest BCUT2D eigenvalue weighted by Gasteiger charge is -2.19. The van der Waals surface area contributed by atoms with E-state index in [-0.39, 0.29) is 18.2 Å². The van der Waals surface area contributed by atoms with Crippen LogP contribution >= 0.6 is 0 Å². The first-order valence-electron chi connectivity index (χ1n) is 6.82. The van der Waals surface area contributed by atoms with E-state index in [1.54, 1.807) is 6.08 Å². The molecule has 1 N–H and O–H groups in total. The smallest absolute Gasteiger partial charge is 0.219 e. The average Bonchev–Trinajstić information content (AvgIpc) is 2.45. The van der Waals surface area contributed by atoms with Gasteiger partial charge in [0.25, 0.3) is 0 Å². The fourth-order valence-corrected chi connectivity index (χ4v) is 2.89. The van der Waals surface area contributed by atoms with Crippen molar-refractivity contribution in [3.8, 4) is 0 Å². The van der Waals surface area contributed by atoms with Crippen LogP contribution in [0.4, 0.5) is 0 Å². The van der Waals surface area contributed by atoms with Gasteiger partial charge >= 0.3 is 0 Å². The Labute approximate surface area is 126 Å². The first kappa shape index (κ1) is 17.4. The summed E-state index contributed by atoms with van der Waals surface area (Å²) in [4.78, 5) is 12.8. The second-order valence-corrected chi connectivity index (χ2v) is 6.63. The first-order chi connectivity index (χ1) is 9.94. The van der Waals surface area contributed by atoms with E-state index in [0.717, 1.165) is 5.56 Å². The number of sulfonamides is 1. The minimum absolute atomic E-state index is 0.0402. The molecule has 21 heavy (non-hydrogen) atoms. The van der Waals surface area contributed by atoms with Crippen molar-refractivity contribution in [3.05, 3.63) is 48.6 Å². The third-order valence-electron chi connectivity index (χ3n) is 3.00. The molecule has 0 saturated heterocycles. The average molecular weight is 310 g/mol. The maximum absolute atomic E-state index is 11.9. The molecule has 1 aromatic rings. The number of nitrogens with zero attached hydrogens (tertiary/aromatic N) is 1. The van der Waals surface area contributed by atoms with Crippen molar-refractivity contribution in [2.45, 2.75) is 13.3 Å². The van der Waals surface area contributed by atoms with E-state index < -0.39 is 10.0 Å². The molecule has 0 fully saturated rings. The fourth-order valence-electron chi connectivity index (χ4n) is 1.84. The summed E-state index contributed by atoms with van der Waals surface area (Å²) in [7, 11) is -3.33. The summed E-state index contributed by atoms with van der Waals surface area (Å²) in [6.07, 6.45) is 2.09. The molecular weight excluding hydrogens is 288 g/mol. The molecule has 0 unspecified atom stereocenters. The summed E-state index contributed by atoms with van der Waals surface area (Å²) in [5.41, 5.74) is 0.986. The fraction of sp³-hybridized carbons (Fsp3) is 0.400. The number of hydrogen-bond acceptors (Lipinski definition) is 3. The number of aryl methyl sites for hydroxylation is 1. The van der Waals surface area contributed by atoms with Crippen LogP contribution in [0.2, 0.25) is 0 Å². The van der Waals surface area contributed by atoms with Gasteiger partial charge in [-0.25, -0.2) is 13.1 Å². The van der Waals surface area contributed by atoms with E-state index in [4.69, 9.17) is 0 Å². The van der Waals surface area contributed by atoms with Gasteiger partial charge in [-0.3, -0.25) is 4.79 Å². The normalized spacial score (nSPS) is 11.1. The molecule has 0 atom stereocenters. The molecule has 0 aliphatic rings. The van der Waals surface area contributed by atoms with Crippen LogP contribution in [0.3, 0.4) is 0 Å². The van der Waals surface area contributed by atoms with E-state index in [9.17, 15) is 13.2 Å². The number of amides is 1. The van der Waals surface area contributed by atoms with Gasteiger partial charge in [0.2, 0.25) is 15.9 Å². The number of carbonyl (C=O) groups is 1. The van der Waals surface area contributed by atoms with Crippen LogP contribution in [0.5, 0.6) is 0 Å². The lowest BCUT2D eigenvalue weighted by Crippen LogP contribution is -2.38. The maximum Gasteiger partial charge on any atom is 0.219 e. The molecule has 1 rings (SSSR count). The van der Waals surface area contributed by atoms with Gasteiger partial charge in [-0.05, 0) is 12.0 Å². The largest absolute Gasteiger partial charge is 0.338 e. The van der Waals surface area contributed by atoms with Crippen LogP contribution in [0.1, 0.15) is 12.5 Å². The third-order valence-corrected chi connectivity index (χ3v) is 4.39. The zero-order valence-corrected chi connectivity index (χ0v) is 13.1. The second kappa shape index (κ2) is 8.59. The number of rotatable bonds is 9. The molecule has 116 valence electrons. The quantitative estimate of drug-likeness (QED) is 0.697. The van der Waals surface area contributed by atoms with Gasteiger partial charge in [-0.2, -0.15) is 0 Å². The number of carbonyl (C=O) groups excluding carboxylic acids is 1. The van der Waals surface area contributed by atoms with Crippen LogP contribution in [-0.2, 0) is 21.2 Å². The van der Waals surface area contributed by atoms with Crippen molar-refractivity contribution in [1.29, 1.82) is 0 Å². The predicted molar refractivity (Wildman–Crippen MR) is 84.4 cm³/mol. The monoisotopic (exact) mass is 310 g/mol. The second-order valence-electron chi connectivity index (χ2n) is 4.70. The summed E-state index contributed by atoms with van der Waals surface area (Å²) in [5, 5.41) is 0. The van der Waals surface area contributed by atoms with E-state index in [2.05, 4.69) is 11.3 Å². The zero-order valence-electron chi connectivity index (χ0n) is 12.3. The van der Waals surface area contributed by atoms with Crippen LogP contribution in [-0.4, -0.2) is 44.6 Å². The standard InChI is InChI=1S/C15H22N2O3S/c1-3-11-17(14(2)18)12-10-16-21(19,20)13-9-15-7-5-4-6-8-15/h3-8,16H,1,9-13H2,2H3. The highest BCUT2D eigenvalue weighted by molar-refractivity contribution is 7.89. The van der Waals surface area contributed by atoms with Crippen molar-refractivity contribution in [3.63, 3.8) is 0 Å². The van der Waals surface area contributed by atoms with E-state index in [0.29, 0.717) is 19.5 Å². The van der Waals surface area contributed by atoms with Crippen LogP contribution < -0.4 is 4.72 Å².